The summed E-state index contributed by atoms with van der Waals surface area (Å²) in [6, 6.07) is 41.7. The zero-order chi connectivity index (χ0) is 40.3. The number of para-hydroxylation sites is 1. The number of furan rings is 1. The molecule has 286 valence electrons. The zero-order valence-electron chi connectivity index (χ0n) is 35.8. The van der Waals surface area contributed by atoms with Crippen LogP contribution in [0.2, 0.25) is 0 Å². The van der Waals surface area contributed by atoms with Crippen molar-refractivity contribution < 1.29 is 4.42 Å². The Morgan fingerprint density at radius 2 is 1.12 bits per heavy atom. The summed E-state index contributed by atoms with van der Waals surface area (Å²) in [6.45, 7) is 27.7. The maximum absolute atomic E-state index is 6.13. The highest BCUT2D eigenvalue weighted by atomic mass is 16.3. The van der Waals surface area contributed by atoms with Gasteiger partial charge in [0.2, 0.25) is 0 Å². The predicted molar refractivity (Wildman–Crippen MR) is 246 cm³/mol. The topological polar surface area (TPSA) is 19.6 Å². The summed E-state index contributed by atoms with van der Waals surface area (Å²) in [6.07, 6.45) is 1.93. The SMILES string of the molecule is Cc1cc2c3c(c1)N(c1c(C)cc(C(C)(C)C)cc1C)c1cc(-c4coc5ccccc45)ccc1B3c1cc(C(C)(C)C)ccc1N2c1ccc(C(C)(C)C)cc1. The standard InChI is InChI=1S/C53H55BN2O/c1-32-25-46-49-47(26-32)56(50-33(2)27-38(28-34(50)3)53(10,11)12)45-29-35(41-31-57-48-16-14-13-15-40(41)48)17-23-42(45)54(49)43-30-37(52(7,8)9)20-24-44(43)55(46)39-21-18-36(19-22-39)51(4,5)6/h13-31H,1-12H3. The van der Waals surface area contributed by atoms with Crippen molar-refractivity contribution in [2.45, 2.75) is 99.3 Å². The number of rotatable bonds is 3. The van der Waals surface area contributed by atoms with Crippen molar-refractivity contribution in [3.8, 4) is 11.1 Å². The summed E-state index contributed by atoms with van der Waals surface area (Å²) in [7, 11) is 0. The Bertz CT molecular complexity index is 2710. The molecule has 0 saturated carbocycles. The molecule has 0 fully saturated rings. The lowest BCUT2D eigenvalue weighted by atomic mass is 9.33. The van der Waals surface area contributed by atoms with Crippen LogP contribution in [0.5, 0.6) is 0 Å². The molecule has 0 bridgehead atoms. The highest BCUT2D eigenvalue weighted by molar-refractivity contribution is 7.00. The molecular formula is C53H55BN2O. The number of fused-ring (bicyclic) bond motifs is 5. The monoisotopic (exact) mass is 746 g/mol. The minimum absolute atomic E-state index is 0.0106. The predicted octanol–water partition coefficient (Wildman–Crippen LogP) is 13.0. The third-order valence-electron chi connectivity index (χ3n) is 12.4. The smallest absolute Gasteiger partial charge is 0.252 e. The Hall–Kier alpha value is -5.48. The number of nitrogens with zero attached hydrogens (tertiary/aromatic N) is 2. The van der Waals surface area contributed by atoms with E-state index in [-0.39, 0.29) is 23.0 Å². The maximum Gasteiger partial charge on any atom is 0.252 e. The van der Waals surface area contributed by atoms with Crippen LogP contribution in [0.15, 0.2) is 120 Å². The molecule has 0 radical (unpaired) electrons. The molecule has 6 aromatic carbocycles. The second-order valence-electron chi connectivity index (χ2n) is 19.8. The number of hydrogen-bond donors (Lipinski definition) is 0. The summed E-state index contributed by atoms with van der Waals surface area (Å²) in [5, 5.41) is 1.13. The molecule has 0 amide bonds. The Balaban J connectivity index is 1.37. The van der Waals surface area contributed by atoms with Crippen LogP contribution in [0.4, 0.5) is 34.1 Å². The largest absolute Gasteiger partial charge is 0.464 e. The molecule has 1 aromatic heterocycles. The van der Waals surface area contributed by atoms with Gasteiger partial charge in [0.25, 0.3) is 6.71 Å². The lowest BCUT2D eigenvalue weighted by molar-refractivity contribution is 0.589. The first-order valence-corrected chi connectivity index (χ1v) is 20.6. The summed E-state index contributed by atoms with van der Waals surface area (Å²) in [5.41, 5.74) is 22.5. The molecule has 9 rings (SSSR count). The summed E-state index contributed by atoms with van der Waals surface area (Å²) < 4.78 is 6.13. The quantitative estimate of drug-likeness (QED) is 0.168. The van der Waals surface area contributed by atoms with Crippen LogP contribution in [0.25, 0.3) is 22.1 Å². The van der Waals surface area contributed by atoms with E-state index in [1.54, 1.807) is 0 Å². The first-order valence-electron chi connectivity index (χ1n) is 20.6. The molecular weight excluding hydrogens is 691 g/mol. The highest BCUT2D eigenvalue weighted by Crippen LogP contribution is 2.48. The van der Waals surface area contributed by atoms with Crippen LogP contribution < -0.4 is 26.2 Å². The van der Waals surface area contributed by atoms with Crippen LogP contribution in [-0.2, 0) is 16.2 Å². The van der Waals surface area contributed by atoms with Crippen molar-refractivity contribution in [3.63, 3.8) is 0 Å². The molecule has 0 unspecified atom stereocenters. The van der Waals surface area contributed by atoms with Crippen molar-refractivity contribution in [1.82, 2.24) is 0 Å². The van der Waals surface area contributed by atoms with Gasteiger partial charge in [0, 0.05) is 39.4 Å². The van der Waals surface area contributed by atoms with Gasteiger partial charge < -0.3 is 14.2 Å². The molecule has 0 spiro atoms. The van der Waals surface area contributed by atoms with E-state index in [0.717, 1.165) is 22.1 Å². The fraction of sp³-hybridized carbons (Fsp3) is 0.283. The van der Waals surface area contributed by atoms with Crippen LogP contribution in [0.1, 0.15) is 95.7 Å². The van der Waals surface area contributed by atoms with Crippen LogP contribution >= 0.6 is 0 Å². The fourth-order valence-corrected chi connectivity index (χ4v) is 9.34. The van der Waals surface area contributed by atoms with Gasteiger partial charge in [-0.25, -0.2) is 0 Å². The van der Waals surface area contributed by atoms with E-state index in [1.165, 1.54) is 83.9 Å². The lowest BCUT2D eigenvalue weighted by Crippen LogP contribution is -2.61. The van der Waals surface area contributed by atoms with Gasteiger partial charge in [0.05, 0.1) is 12.0 Å². The maximum atomic E-state index is 6.13. The van der Waals surface area contributed by atoms with Gasteiger partial charge in [0.15, 0.2) is 0 Å². The molecule has 0 N–H and O–H groups in total. The van der Waals surface area contributed by atoms with Crippen molar-refractivity contribution in [1.29, 1.82) is 0 Å². The first-order chi connectivity index (χ1) is 26.9. The van der Waals surface area contributed by atoms with Gasteiger partial charge in [-0.3, -0.25) is 0 Å². The lowest BCUT2D eigenvalue weighted by Gasteiger charge is -2.45. The van der Waals surface area contributed by atoms with Gasteiger partial charge >= 0.3 is 0 Å². The van der Waals surface area contributed by atoms with Crippen LogP contribution in [-0.4, -0.2) is 6.71 Å². The third-order valence-corrected chi connectivity index (χ3v) is 12.4. The number of benzene rings is 6. The third kappa shape index (κ3) is 6.02. The molecule has 3 nitrogen and oxygen atoms in total. The van der Waals surface area contributed by atoms with Gasteiger partial charge in [-0.1, -0.05) is 129 Å². The number of anilines is 6. The number of hydrogen-bond acceptors (Lipinski definition) is 3. The van der Waals surface area contributed by atoms with E-state index < -0.39 is 0 Å². The highest BCUT2D eigenvalue weighted by Gasteiger charge is 2.44. The van der Waals surface area contributed by atoms with Gasteiger partial charge in [-0.05, 0) is 135 Å². The Labute approximate surface area is 340 Å². The van der Waals surface area contributed by atoms with Gasteiger partial charge in [-0.2, -0.15) is 0 Å². The fourth-order valence-electron chi connectivity index (χ4n) is 9.34. The second-order valence-corrected chi connectivity index (χ2v) is 19.8. The van der Waals surface area contributed by atoms with E-state index in [1.807, 2.05) is 12.3 Å². The van der Waals surface area contributed by atoms with Crippen molar-refractivity contribution >= 4 is 68.2 Å². The molecule has 4 heteroatoms. The van der Waals surface area contributed by atoms with E-state index in [2.05, 4.69) is 196 Å². The van der Waals surface area contributed by atoms with E-state index in [9.17, 15) is 0 Å². The van der Waals surface area contributed by atoms with Gasteiger partial charge in [0.1, 0.15) is 5.58 Å². The Kier molecular flexibility index (Phi) is 8.31. The number of aryl methyl sites for hydroxylation is 3. The van der Waals surface area contributed by atoms with E-state index >= 15 is 0 Å². The first kappa shape index (κ1) is 37.1. The minimum Gasteiger partial charge on any atom is -0.464 e. The normalized spacial score (nSPS) is 13.9. The van der Waals surface area contributed by atoms with Crippen molar-refractivity contribution in [3.05, 3.63) is 149 Å². The summed E-state index contributed by atoms with van der Waals surface area (Å²) in [4.78, 5) is 5.13. The van der Waals surface area contributed by atoms with Gasteiger partial charge in [-0.15, -0.1) is 0 Å². The average molecular weight is 747 g/mol. The molecule has 3 heterocycles. The molecule has 2 aliphatic rings. The Morgan fingerprint density at radius 1 is 0.509 bits per heavy atom. The van der Waals surface area contributed by atoms with Crippen molar-refractivity contribution in [2.75, 3.05) is 9.80 Å². The molecule has 2 aliphatic heterocycles. The Morgan fingerprint density at radius 3 is 1.77 bits per heavy atom. The summed E-state index contributed by atoms with van der Waals surface area (Å²) in [5.74, 6) is 0. The molecule has 57 heavy (non-hydrogen) atoms. The average Bonchev–Trinajstić information content (AvgIpc) is 3.58. The molecule has 0 aliphatic carbocycles. The minimum atomic E-state index is -0.0106. The molecule has 0 saturated heterocycles. The second kappa shape index (κ2) is 12.8. The van der Waals surface area contributed by atoms with E-state index in [0.29, 0.717) is 0 Å². The van der Waals surface area contributed by atoms with Crippen molar-refractivity contribution in [2.24, 2.45) is 0 Å². The molecule has 7 aromatic rings. The van der Waals surface area contributed by atoms with Crippen LogP contribution in [0.3, 0.4) is 0 Å². The van der Waals surface area contributed by atoms with Crippen LogP contribution in [0, 0.1) is 20.8 Å². The molecule has 0 atom stereocenters. The zero-order valence-corrected chi connectivity index (χ0v) is 35.8. The summed E-state index contributed by atoms with van der Waals surface area (Å²) >= 11 is 0. The van der Waals surface area contributed by atoms with E-state index in [4.69, 9.17) is 4.42 Å².